The number of ether oxygens (including phenoxy) is 2. The minimum atomic E-state index is -0.145. The minimum absolute atomic E-state index is 0.145. The highest BCUT2D eigenvalue weighted by Crippen LogP contribution is 2.34. The number of aromatic nitrogens is 2. The van der Waals surface area contributed by atoms with Gasteiger partial charge in [-0.3, -0.25) is 4.79 Å². The number of carbonyl (C=O) groups is 1. The first kappa shape index (κ1) is 17.8. The van der Waals surface area contributed by atoms with Crippen LogP contribution >= 0.6 is 0 Å². The molecule has 1 N–H and O–H groups in total. The third kappa shape index (κ3) is 3.88. The molecule has 0 bridgehead atoms. The average molecular weight is 376 g/mol. The van der Waals surface area contributed by atoms with E-state index >= 15 is 0 Å². The summed E-state index contributed by atoms with van der Waals surface area (Å²) >= 11 is 0. The number of benzene rings is 2. The van der Waals surface area contributed by atoms with Crippen LogP contribution in [0.4, 0.5) is 11.5 Å². The zero-order valence-electron chi connectivity index (χ0n) is 15.5. The van der Waals surface area contributed by atoms with Crippen LogP contribution < -0.4 is 14.8 Å². The van der Waals surface area contributed by atoms with E-state index in [9.17, 15) is 4.79 Å². The molecule has 2 aromatic carbocycles. The highest BCUT2D eigenvalue weighted by atomic mass is 16.7. The molecule has 0 unspecified atom stereocenters. The molecule has 1 amide bonds. The molecule has 0 atom stereocenters. The van der Waals surface area contributed by atoms with Crippen molar-refractivity contribution in [2.45, 2.75) is 13.5 Å². The fourth-order valence-corrected chi connectivity index (χ4v) is 2.93. The van der Waals surface area contributed by atoms with Crippen LogP contribution in [0.15, 0.2) is 60.7 Å². The Labute approximate surface area is 162 Å². The zero-order valence-corrected chi connectivity index (χ0v) is 15.5. The molecule has 1 aliphatic rings. The van der Waals surface area contributed by atoms with E-state index in [1.807, 2.05) is 55.5 Å². The second kappa shape index (κ2) is 7.96. The molecule has 1 aliphatic heterocycles. The third-order valence-electron chi connectivity index (χ3n) is 4.41. The summed E-state index contributed by atoms with van der Waals surface area (Å²) in [5.74, 6) is 1.80. The van der Waals surface area contributed by atoms with Crippen molar-refractivity contribution in [2.24, 2.45) is 0 Å². The molecule has 7 heteroatoms. The number of fused-ring (bicyclic) bond motifs is 1. The van der Waals surface area contributed by atoms with Gasteiger partial charge in [-0.2, -0.15) is 0 Å². The van der Waals surface area contributed by atoms with Crippen LogP contribution in [0.25, 0.3) is 0 Å². The van der Waals surface area contributed by atoms with Gasteiger partial charge in [-0.25, -0.2) is 0 Å². The number of carbonyl (C=O) groups excluding carboxylic acids is 1. The Morgan fingerprint density at radius 1 is 1.04 bits per heavy atom. The monoisotopic (exact) mass is 376 g/mol. The van der Waals surface area contributed by atoms with Crippen molar-refractivity contribution in [3.8, 4) is 11.5 Å². The summed E-state index contributed by atoms with van der Waals surface area (Å²) < 4.78 is 10.7. The van der Waals surface area contributed by atoms with Gasteiger partial charge in [0.2, 0.25) is 6.79 Å². The Kier molecular flexibility index (Phi) is 5.05. The van der Waals surface area contributed by atoms with Crippen LogP contribution in [0.1, 0.15) is 23.0 Å². The molecule has 142 valence electrons. The summed E-state index contributed by atoms with van der Waals surface area (Å²) in [6.07, 6.45) is 0. The minimum Gasteiger partial charge on any atom is -0.454 e. The SMILES string of the molecule is CCN(Cc1ccccc1)C(=O)c1ccc(Nc2ccc3c(c2)OCO3)nn1. The molecular formula is C21H20N4O3. The highest BCUT2D eigenvalue weighted by molar-refractivity contribution is 5.92. The molecule has 3 aromatic rings. The molecule has 4 rings (SSSR count). The number of anilines is 2. The summed E-state index contributed by atoms with van der Waals surface area (Å²) in [7, 11) is 0. The number of rotatable bonds is 6. The van der Waals surface area contributed by atoms with Gasteiger partial charge in [0, 0.05) is 24.8 Å². The Morgan fingerprint density at radius 3 is 2.61 bits per heavy atom. The van der Waals surface area contributed by atoms with Crippen LogP contribution in [0.3, 0.4) is 0 Å². The first-order chi connectivity index (χ1) is 13.7. The molecule has 0 saturated heterocycles. The Balaban J connectivity index is 1.44. The van der Waals surface area contributed by atoms with E-state index in [0.717, 1.165) is 17.0 Å². The number of amides is 1. The van der Waals surface area contributed by atoms with Crippen LogP contribution in [0.5, 0.6) is 11.5 Å². The molecule has 1 aromatic heterocycles. The average Bonchev–Trinajstić information content (AvgIpc) is 3.21. The van der Waals surface area contributed by atoms with Gasteiger partial charge in [-0.15, -0.1) is 10.2 Å². The molecule has 0 saturated carbocycles. The lowest BCUT2D eigenvalue weighted by molar-refractivity contribution is 0.0745. The Bertz CT molecular complexity index is 961. The fourth-order valence-electron chi connectivity index (χ4n) is 2.93. The second-order valence-corrected chi connectivity index (χ2v) is 6.30. The van der Waals surface area contributed by atoms with Crippen LogP contribution in [0, 0.1) is 0 Å². The van der Waals surface area contributed by atoms with Crippen molar-refractivity contribution in [2.75, 3.05) is 18.7 Å². The highest BCUT2D eigenvalue weighted by Gasteiger charge is 2.17. The van der Waals surface area contributed by atoms with Gasteiger partial charge in [-0.1, -0.05) is 30.3 Å². The molecule has 0 spiro atoms. The predicted molar refractivity (Wildman–Crippen MR) is 105 cm³/mol. The summed E-state index contributed by atoms with van der Waals surface area (Å²) in [6.45, 7) is 3.30. The molecule has 0 radical (unpaired) electrons. The van der Waals surface area contributed by atoms with Crippen molar-refractivity contribution < 1.29 is 14.3 Å². The topological polar surface area (TPSA) is 76.6 Å². The van der Waals surface area contributed by atoms with Crippen LogP contribution in [-0.4, -0.2) is 34.3 Å². The number of nitrogens with zero attached hydrogens (tertiary/aromatic N) is 3. The Hall–Kier alpha value is -3.61. The van der Waals surface area contributed by atoms with E-state index in [0.29, 0.717) is 30.4 Å². The van der Waals surface area contributed by atoms with Crippen molar-refractivity contribution in [3.05, 3.63) is 71.9 Å². The van der Waals surface area contributed by atoms with E-state index in [-0.39, 0.29) is 12.7 Å². The lowest BCUT2D eigenvalue weighted by Gasteiger charge is -2.20. The van der Waals surface area contributed by atoms with E-state index in [4.69, 9.17) is 9.47 Å². The van der Waals surface area contributed by atoms with E-state index in [1.165, 1.54) is 0 Å². The maximum absolute atomic E-state index is 12.8. The largest absolute Gasteiger partial charge is 0.454 e. The van der Waals surface area contributed by atoms with Gasteiger partial charge in [-0.05, 0) is 36.8 Å². The summed E-state index contributed by atoms with van der Waals surface area (Å²) in [5.41, 5.74) is 2.19. The lowest BCUT2D eigenvalue weighted by atomic mass is 10.2. The van der Waals surface area contributed by atoms with Gasteiger partial charge in [0.1, 0.15) is 0 Å². The van der Waals surface area contributed by atoms with Gasteiger partial charge in [0.25, 0.3) is 5.91 Å². The number of hydrogen-bond donors (Lipinski definition) is 1. The zero-order chi connectivity index (χ0) is 19.3. The molecule has 0 aliphatic carbocycles. The normalized spacial score (nSPS) is 11.9. The second-order valence-electron chi connectivity index (χ2n) is 6.30. The summed E-state index contributed by atoms with van der Waals surface area (Å²) in [4.78, 5) is 14.5. The number of hydrogen-bond acceptors (Lipinski definition) is 6. The molecule has 28 heavy (non-hydrogen) atoms. The standard InChI is InChI=1S/C21H20N4O3/c1-2-25(13-15-6-4-3-5-7-15)21(26)17-9-11-20(24-23-17)22-16-8-10-18-19(12-16)28-14-27-18/h3-12H,2,13-14H2,1H3,(H,22,24). The van der Waals surface area contributed by atoms with Crippen LogP contribution in [0.2, 0.25) is 0 Å². The number of nitrogens with one attached hydrogen (secondary N) is 1. The van der Waals surface area contributed by atoms with E-state index < -0.39 is 0 Å². The van der Waals surface area contributed by atoms with Gasteiger partial charge in [0.05, 0.1) is 0 Å². The lowest BCUT2D eigenvalue weighted by Crippen LogP contribution is -2.31. The van der Waals surface area contributed by atoms with E-state index in [1.54, 1.807) is 17.0 Å². The van der Waals surface area contributed by atoms with Crippen molar-refractivity contribution in [1.82, 2.24) is 15.1 Å². The van der Waals surface area contributed by atoms with Gasteiger partial charge >= 0.3 is 0 Å². The summed E-state index contributed by atoms with van der Waals surface area (Å²) in [6, 6.07) is 18.8. The summed E-state index contributed by atoms with van der Waals surface area (Å²) in [5, 5.41) is 11.4. The maximum atomic E-state index is 12.8. The predicted octanol–water partition coefficient (Wildman–Crippen LogP) is 3.61. The van der Waals surface area contributed by atoms with Crippen molar-refractivity contribution in [1.29, 1.82) is 0 Å². The smallest absolute Gasteiger partial charge is 0.274 e. The molecule has 0 fully saturated rings. The quantitative estimate of drug-likeness (QED) is 0.708. The molecular weight excluding hydrogens is 356 g/mol. The molecule has 7 nitrogen and oxygen atoms in total. The Morgan fingerprint density at radius 2 is 1.86 bits per heavy atom. The van der Waals surface area contributed by atoms with Crippen molar-refractivity contribution in [3.63, 3.8) is 0 Å². The van der Waals surface area contributed by atoms with E-state index in [2.05, 4.69) is 15.5 Å². The van der Waals surface area contributed by atoms with Gasteiger partial charge < -0.3 is 19.7 Å². The fraction of sp³-hybridized carbons (Fsp3) is 0.190. The first-order valence-corrected chi connectivity index (χ1v) is 9.06. The first-order valence-electron chi connectivity index (χ1n) is 9.06. The molecule has 2 heterocycles. The maximum Gasteiger partial charge on any atom is 0.274 e. The van der Waals surface area contributed by atoms with Gasteiger partial charge in [0.15, 0.2) is 23.0 Å². The van der Waals surface area contributed by atoms with Crippen LogP contribution in [-0.2, 0) is 6.54 Å². The van der Waals surface area contributed by atoms with Crippen molar-refractivity contribution >= 4 is 17.4 Å². The third-order valence-corrected chi connectivity index (χ3v) is 4.41.